The average Bonchev–Trinajstić information content (AvgIpc) is 2.96. The molecule has 2 N–H and O–H groups in total. The summed E-state index contributed by atoms with van der Waals surface area (Å²) in [5.41, 5.74) is 6.20. The van der Waals surface area contributed by atoms with Crippen molar-refractivity contribution in [3.05, 3.63) is 89.7 Å². The van der Waals surface area contributed by atoms with Crippen molar-refractivity contribution in [2.75, 3.05) is 14.2 Å². The van der Waals surface area contributed by atoms with E-state index in [1.54, 1.807) is 6.07 Å². The number of nitrogens with zero attached hydrogens (tertiary/aromatic N) is 5. The van der Waals surface area contributed by atoms with Gasteiger partial charge >= 0.3 is 12.4 Å². The van der Waals surface area contributed by atoms with E-state index in [2.05, 4.69) is 24.8 Å². The van der Waals surface area contributed by atoms with Crippen molar-refractivity contribution < 1.29 is 35.8 Å². The van der Waals surface area contributed by atoms with Crippen LogP contribution in [0.5, 0.6) is 11.5 Å². The van der Waals surface area contributed by atoms with Crippen molar-refractivity contribution in [3.8, 4) is 33.8 Å². The van der Waals surface area contributed by atoms with Crippen LogP contribution < -0.4 is 15.2 Å². The van der Waals surface area contributed by atoms with Crippen LogP contribution >= 0.6 is 12.4 Å². The first-order valence-corrected chi connectivity index (χ1v) is 11.1. The Balaban J connectivity index is 0.000000280. The number of hydrogen-bond acceptors (Lipinski definition) is 7. The Morgan fingerprint density at radius 3 is 1.56 bits per heavy atom. The van der Waals surface area contributed by atoms with Crippen molar-refractivity contribution in [1.29, 1.82) is 0 Å². The van der Waals surface area contributed by atoms with Crippen LogP contribution in [0.15, 0.2) is 61.2 Å². The SMILES string of the molecule is COc1cnc(CN)cc1-c1ccc(C(F)(F)F)nc1.Cl.[C-]#[N+]c1cc(-c2ccc(C(F)(F)F)nc2)c(OC)cn1. The second kappa shape index (κ2) is 13.7. The van der Waals surface area contributed by atoms with Gasteiger partial charge in [-0.1, -0.05) is 18.7 Å². The highest BCUT2D eigenvalue weighted by atomic mass is 35.5. The Kier molecular flexibility index (Phi) is 11.0. The molecule has 0 aromatic carbocycles. The maximum atomic E-state index is 12.5. The third-order valence-electron chi connectivity index (χ3n) is 5.27. The zero-order valence-corrected chi connectivity index (χ0v) is 22.1. The van der Waals surface area contributed by atoms with Crippen LogP contribution in [0.25, 0.3) is 27.1 Å². The Hall–Kier alpha value is -4.48. The standard InChI is InChI=1S/C13H8F3N3O.C13H12F3N3O.ClH/c1-17-12-5-9(10(20-2)7-19-12)8-3-4-11(18-6-8)13(14,15)16;1-20-11-7-18-9(5-17)4-10(11)8-2-3-12(19-6-8)13(14,15)16;/h3-7H,2H3;2-4,6-7H,5,17H2,1H3;1H. The Morgan fingerprint density at radius 2 is 1.20 bits per heavy atom. The molecule has 15 heteroatoms. The second-order valence-corrected chi connectivity index (χ2v) is 7.79. The second-order valence-electron chi connectivity index (χ2n) is 7.79. The average molecular weight is 599 g/mol. The minimum Gasteiger partial charge on any atom is -0.494 e. The van der Waals surface area contributed by atoms with Crippen LogP contribution in [0.4, 0.5) is 32.2 Å². The zero-order valence-electron chi connectivity index (χ0n) is 21.3. The van der Waals surface area contributed by atoms with Gasteiger partial charge in [0.1, 0.15) is 17.1 Å². The molecule has 4 aromatic heterocycles. The lowest BCUT2D eigenvalue weighted by molar-refractivity contribution is -0.141. The molecule has 0 spiro atoms. The van der Waals surface area contributed by atoms with E-state index in [1.807, 2.05) is 0 Å². The molecule has 0 atom stereocenters. The lowest BCUT2D eigenvalue weighted by Gasteiger charge is -2.11. The van der Waals surface area contributed by atoms with Gasteiger partial charge in [-0.25, -0.2) is 0 Å². The minimum absolute atomic E-state index is 0. The van der Waals surface area contributed by atoms with Crippen molar-refractivity contribution in [3.63, 3.8) is 0 Å². The van der Waals surface area contributed by atoms with E-state index < -0.39 is 23.7 Å². The number of hydrogen-bond donors (Lipinski definition) is 1. The monoisotopic (exact) mass is 598 g/mol. The molecule has 0 aliphatic carbocycles. The highest BCUT2D eigenvalue weighted by Crippen LogP contribution is 2.34. The number of nitrogens with two attached hydrogens (primary N) is 1. The molecular formula is C26H21ClF6N6O2. The summed E-state index contributed by atoms with van der Waals surface area (Å²) in [6.45, 7) is 7.13. The Morgan fingerprint density at radius 1 is 0.732 bits per heavy atom. The van der Waals surface area contributed by atoms with Crippen molar-refractivity contribution in [2.24, 2.45) is 5.73 Å². The summed E-state index contributed by atoms with van der Waals surface area (Å²) in [6.07, 6.45) is -3.86. The molecule has 4 heterocycles. The molecule has 41 heavy (non-hydrogen) atoms. The zero-order chi connectivity index (χ0) is 29.5. The molecule has 0 saturated carbocycles. The molecule has 216 valence electrons. The molecule has 0 bridgehead atoms. The number of aromatic nitrogens is 4. The summed E-state index contributed by atoms with van der Waals surface area (Å²) in [5.74, 6) is 0.934. The highest BCUT2D eigenvalue weighted by molar-refractivity contribution is 5.85. The molecule has 8 nitrogen and oxygen atoms in total. The maximum Gasteiger partial charge on any atom is 0.433 e. The van der Waals surface area contributed by atoms with Gasteiger partial charge in [-0.05, 0) is 24.3 Å². The van der Waals surface area contributed by atoms with Gasteiger partial charge in [0.15, 0.2) is 11.9 Å². The Bertz CT molecular complexity index is 1490. The first kappa shape index (κ1) is 32.7. The summed E-state index contributed by atoms with van der Waals surface area (Å²) < 4.78 is 85.0. The van der Waals surface area contributed by atoms with Gasteiger partial charge < -0.3 is 20.1 Å². The smallest absolute Gasteiger partial charge is 0.433 e. The third kappa shape index (κ3) is 8.26. The number of methoxy groups -OCH3 is 2. The first-order valence-electron chi connectivity index (χ1n) is 11.1. The van der Waals surface area contributed by atoms with Gasteiger partial charge in [0.2, 0.25) is 0 Å². The lowest BCUT2D eigenvalue weighted by atomic mass is 10.1. The normalized spacial score (nSPS) is 10.9. The van der Waals surface area contributed by atoms with Crippen LogP contribution in [0, 0.1) is 6.57 Å². The van der Waals surface area contributed by atoms with Crippen molar-refractivity contribution >= 4 is 18.2 Å². The molecule has 0 radical (unpaired) electrons. The van der Waals surface area contributed by atoms with E-state index in [9.17, 15) is 26.3 Å². The lowest BCUT2D eigenvalue weighted by Crippen LogP contribution is -2.07. The summed E-state index contributed by atoms with van der Waals surface area (Å²) in [6, 6.07) is 7.54. The number of pyridine rings is 4. The molecule has 0 fully saturated rings. The molecule has 4 aromatic rings. The molecule has 0 aliphatic rings. The van der Waals surface area contributed by atoms with Crippen molar-refractivity contribution in [1.82, 2.24) is 19.9 Å². The van der Waals surface area contributed by atoms with Gasteiger partial charge in [0.05, 0.1) is 26.1 Å². The minimum atomic E-state index is -4.48. The number of rotatable bonds is 5. The number of halogens is 7. The number of alkyl halides is 6. The van der Waals surface area contributed by atoms with E-state index >= 15 is 0 Å². The summed E-state index contributed by atoms with van der Waals surface area (Å²) in [4.78, 5) is 17.9. The molecule has 4 rings (SSSR count). The first-order chi connectivity index (χ1) is 18.9. The van der Waals surface area contributed by atoms with Crippen LogP contribution in [0.1, 0.15) is 17.1 Å². The fraction of sp³-hybridized carbons (Fsp3) is 0.192. The van der Waals surface area contributed by atoms with Gasteiger partial charge in [-0.2, -0.15) is 26.3 Å². The van der Waals surface area contributed by atoms with Gasteiger partial charge in [0.25, 0.3) is 5.82 Å². The molecule has 0 unspecified atom stereocenters. The van der Waals surface area contributed by atoms with Gasteiger partial charge in [-0.15, -0.1) is 17.4 Å². The topological polar surface area (TPSA) is 100 Å². The van der Waals surface area contributed by atoms with E-state index in [0.29, 0.717) is 39.4 Å². The third-order valence-corrected chi connectivity index (χ3v) is 5.27. The van der Waals surface area contributed by atoms with Crippen LogP contribution in [-0.2, 0) is 18.9 Å². The predicted molar refractivity (Wildman–Crippen MR) is 139 cm³/mol. The summed E-state index contributed by atoms with van der Waals surface area (Å²) >= 11 is 0. The fourth-order valence-electron chi connectivity index (χ4n) is 3.31. The van der Waals surface area contributed by atoms with Crippen LogP contribution in [0.3, 0.4) is 0 Å². The van der Waals surface area contributed by atoms with Crippen LogP contribution in [0.2, 0.25) is 0 Å². The molecule has 0 amide bonds. The van der Waals surface area contributed by atoms with Crippen molar-refractivity contribution in [2.45, 2.75) is 18.9 Å². The largest absolute Gasteiger partial charge is 0.494 e. The van der Waals surface area contributed by atoms with E-state index in [-0.39, 0.29) is 24.8 Å². The molecule has 0 aliphatic heterocycles. The fourth-order valence-corrected chi connectivity index (χ4v) is 3.31. The predicted octanol–water partition coefficient (Wildman–Crippen LogP) is 6.77. The maximum absolute atomic E-state index is 12.5. The van der Waals surface area contributed by atoms with E-state index in [1.165, 1.54) is 44.8 Å². The summed E-state index contributed by atoms with van der Waals surface area (Å²) in [7, 11) is 2.87. The van der Waals surface area contributed by atoms with E-state index in [4.69, 9.17) is 21.8 Å². The quantitative estimate of drug-likeness (QED) is 0.200. The Labute approximate surface area is 236 Å². The summed E-state index contributed by atoms with van der Waals surface area (Å²) in [5, 5.41) is 0. The number of ether oxygens (including phenoxy) is 2. The van der Waals surface area contributed by atoms with Crippen LogP contribution in [-0.4, -0.2) is 34.2 Å². The van der Waals surface area contributed by atoms with Gasteiger partial charge in [0, 0.05) is 41.2 Å². The molecular weight excluding hydrogens is 578 g/mol. The highest BCUT2D eigenvalue weighted by Gasteiger charge is 2.33. The van der Waals surface area contributed by atoms with Gasteiger partial charge in [-0.3, -0.25) is 15.0 Å². The van der Waals surface area contributed by atoms with E-state index in [0.717, 1.165) is 24.5 Å². The molecule has 0 saturated heterocycles.